The summed E-state index contributed by atoms with van der Waals surface area (Å²) in [6, 6.07) is 69.1. The van der Waals surface area contributed by atoms with Crippen molar-refractivity contribution in [1.29, 1.82) is 0 Å². The predicted molar refractivity (Wildman–Crippen MR) is 256 cm³/mol. The van der Waals surface area contributed by atoms with E-state index in [0.717, 1.165) is 41.0 Å². The lowest BCUT2D eigenvalue weighted by Crippen LogP contribution is -2.54. The molecule has 62 heavy (non-hydrogen) atoms. The first-order valence-corrected chi connectivity index (χ1v) is 23.1. The van der Waals surface area contributed by atoms with Crippen LogP contribution >= 0.6 is 0 Å². The summed E-state index contributed by atoms with van der Waals surface area (Å²) in [5.41, 5.74) is 24.8. The van der Waals surface area contributed by atoms with Crippen molar-refractivity contribution in [2.75, 3.05) is 4.90 Å². The highest BCUT2D eigenvalue weighted by molar-refractivity contribution is 5.90. The standard InChI is InChI=1S/C61H49N/c1-60(2)54-14-7-6-11-49(54)50-29-28-48(36-56(50)60)62(46-24-19-41(20-25-46)40-17-15-39(16-18-40)38-9-4-3-5-10-38)47-26-21-42(22-27-47)43-23-30-55-53(35-43)51-12-8-13-52-58-44-31-37-32-45(34-44)61(55,59(51)52)57(58)33-37/h3-30,35-37,44-45,57-58H,31-34H2,1-2H3. The molecule has 1 nitrogen and oxygen atoms in total. The molecule has 4 saturated carbocycles. The molecule has 8 aromatic rings. The number of fused-ring (bicyclic) bond motifs is 5. The summed E-state index contributed by atoms with van der Waals surface area (Å²) < 4.78 is 0. The van der Waals surface area contributed by atoms with Crippen LogP contribution in [0.25, 0.3) is 55.6 Å². The van der Waals surface area contributed by atoms with E-state index in [0.29, 0.717) is 0 Å². The first-order valence-electron chi connectivity index (χ1n) is 23.1. The number of hydrogen-bond donors (Lipinski definition) is 0. The number of nitrogens with zero attached hydrogens (tertiary/aromatic N) is 1. The first-order chi connectivity index (χ1) is 30.4. The second-order valence-electron chi connectivity index (χ2n) is 20.1. The van der Waals surface area contributed by atoms with Gasteiger partial charge in [-0.2, -0.15) is 0 Å². The second kappa shape index (κ2) is 12.6. The Labute approximate surface area is 365 Å². The summed E-state index contributed by atoms with van der Waals surface area (Å²) in [5, 5.41) is 0. The molecule has 0 radical (unpaired) electrons. The minimum Gasteiger partial charge on any atom is -0.310 e. The SMILES string of the molecule is CC1(C)c2ccccc2-c2ccc(N(c3ccc(-c4ccc(-c5ccccc5)cc4)cc3)c3ccc(-c4ccc5c(c4)-c4cccc6c4C54C5CC7CC(C5)C6C4C7)cc3)cc21. The maximum Gasteiger partial charge on any atom is 0.0465 e. The summed E-state index contributed by atoms with van der Waals surface area (Å²) in [7, 11) is 0. The Hall–Kier alpha value is -6.44. The zero-order valence-electron chi connectivity index (χ0n) is 35.5. The van der Waals surface area contributed by atoms with Gasteiger partial charge in [0, 0.05) is 27.9 Å². The molecule has 6 bridgehead atoms. The molecular weight excluding hydrogens is 747 g/mol. The van der Waals surface area contributed by atoms with E-state index in [-0.39, 0.29) is 10.8 Å². The van der Waals surface area contributed by atoms with Crippen molar-refractivity contribution in [3.63, 3.8) is 0 Å². The van der Waals surface area contributed by atoms with E-state index in [1.807, 2.05) is 0 Å². The third-order valence-electron chi connectivity index (χ3n) is 17.0. The van der Waals surface area contributed by atoms with Gasteiger partial charge in [-0.25, -0.2) is 0 Å². The normalized spacial score (nSPS) is 24.4. The molecule has 0 aliphatic heterocycles. The van der Waals surface area contributed by atoms with Crippen molar-refractivity contribution >= 4 is 17.1 Å². The van der Waals surface area contributed by atoms with Gasteiger partial charge in [-0.05, 0) is 181 Å². The van der Waals surface area contributed by atoms with Gasteiger partial charge in [0.05, 0.1) is 0 Å². The van der Waals surface area contributed by atoms with Gasteiger partial charge in [0.15, 0.2) is 0 Å². The molecule has 0 N–H and O–H groups in total. The number of hydrogen-bond acceptors (Lipinski definition) is 1. The monoisotopic (exact) mass is 795 g/mol. The van der Waals surface area contributed by atoms with Crippen LogP contribution in [0.4, 0.5) is 17.1 Å². The molecule has 0 amide bonds. The summed E-state index contributed by atoms with van der Waals surface area (Å²) in [6.45, 7) is 4.75. The number of rotatable bonds is 6. The van der Waals surface area contributed by atoms with Crippen LogP contribution in [0.5, 0.6) is 0 Å². The topological polar surface area (TPSA) is 3.24 Å². The molecule has 0 aromatic heterocycles. The molecule has 0 heterocycles. The number of benzene rings is 8. The molecule has 7 aliphatic carbocycles. The maximum absolute atomic E-state index is 2.57. The molecule has 6 unspecified atom stereocenters. The average molecular weight is 796 g/mol. The highest BCUT2D eigenvalue weighted by Gasteiger charge is 2.69. The van der Waals surface area contributed by atoms with Gasteiger partial charge in [-0.3, -0.25) is 0 Å². The smallest absolute Gasteiger partial charge is 0.0465 e. The van der Waals surface area contributed by atoms with Crippen molar-refractivity contribution in [3.8, 4) is 55.6 Å². The summed E-state index contributed by atoms with van der Waals surface area (Å²) in [5.74, 6) is 4.28. The highest BCUT2D eigenvalue weighted by Crippen LogP contribution is 2.77. The van der Waals surface area contributed by atoms with E-state index in [2.05, 4.69) is 201 Å². The van der Waals surface area contributed by atoms with Crippen LogP contribution < -0.4 is 4.90 Å². The molecule has 7 aliphatic rings. The Morgan fingerprint density at radius 3 is 1.76 bits per heavy atom. The van der Waals surface area contributed by atoms with Gasteiger partial charge in [-0.1, -0.05) is 153 Å². The summed E-state index contributed by atoms with van der Waals surface area (Å²) >= 11 is 0. The fraction of sp³-hybridized carbons (Fsp3) is 0.213. The molecule has 298 valence electrons. The van der Waals surface area contributed by atoms with Crippen molar-refractivity contribution in [1.82, 2.24) is 0 Å². The maximum atomic E-state index is 2.57. The molecule has 6 atom stereocenters. The van der Waals surface area contributed by atoms with E-state index >= 15 is 0 Å². The lowest BCUT2D eigenvalue weighted by atomic mass is 9.43. The Bertz CT molecular complexity index is 3120. The van der Waals surface area contributed by atoms with Crippen LogP contribution in [0.2, 0.25) is 0 Å². The van der Waals surface area contributed by atoms with Crippen LogP contribution in [0.1, 0.15) is 73.3 Å². The molecule has 1 spiro atoms. The van der Waals surface area contributed by atoms with Gasteiger partial charge < -0.3 is 4.90 Å². The van der Waals surface area contributed by atoms with Crippen molar-refractivity contribution < 1.29 is 0 Å². The van der Waals surface area contributed by atoms with E-state index in [9.17, 15) is 0 Å². The van der Waals surface area contributed by atoms with E-state index in [1.54, 1.807) is 16.7 Å². The van der Waals surface area contributed by atoms with Gasteiger partial charge in [-0.15, -0.1) is 0 Å². The molecule has 1 heteroatoms. The fourth-order valence-corrected chi connectivity index (χ4v) is 14.6. The van der Waals surface area contributed by atoms with Crippen LogP contribution in [-0.2, 0) is 10.8 Å². The lowest BCUT2D eigenvalue weighted by Gasteiger charge is -2.60. The van der Waals surface area contributed by atoms with E-state index in [1.165, 1.54) is 98.1 Å². The lowest BCUT2D eigenvalue weighted by molar-refractivity contribution is -0.0431. The van der Waals surface area contributed by atoms with Gasteiger partial charge >= 0.3 is 0 Å². The largest absolute Gasteiger partial charge is 0.310 e. The summed E-state index contributed by atoms with van der Waals surface area (Å²) in [6.07, 6.45) is 5.78. The Morgan fingerprint density at radius 1 is 0.419 bits per heavy atom. The van der Waals surface area contributed by atoms with Crippen molar-refractivity contribution in [3.05, 3.63) is 210 Å². The van der Waals surface area contributed by atoms with Crippen molar-refractivity contribution in [2.45, 2.75) is 56.3 Å². The predicted octanol–water partition coefficient (Wildman–Crippen LogP) is 15.9. The fourth-order valence-electron chi connectivity index (χ4n) is 14.6. The minimum absolute atomic E-state index is 0.0865. The third kappa shape index (κ3) is 4.64. The Balaban J connectivity index is 0.840. The average Bonchev–Trinajstić information content (AvgIpc) is 3.86. The van der Waals surface area contributed by atoms with Crippen LogP contribution in [0, 0.1) is 23.7 Å². The zero-order chi connectivity index (χ0) is 40.9. The number of anilines is 3. The molecule has 0 saturated heterocycles. The summed E-state index contributed by atoms with van der Waals surface area (Å²) in [4.78, 5) is 2.45. The molecule has 4 fully saturated rings. The zero-order valence-corrected chi connectivity index (χ0v) is 35.5. The quantitative estimate of drug-likeness (QED) is 0.162. The van der Waals surface area contributed by atoms with Gasteiger partial charge in [0.25, 0.3) is 0 Å². The third-order valence-corrected chi connectivity index (χ3v) is 17.0. The van der Waals surface area contributed by atoms with E-state index in [4.69, 9.17) is 0 Å². The first kappa shape index (κ1) is 35.2. The van der Waals surface area contributed by atoms with E-state index < -0.39 is 0 Å². The van der Waals surface area contributed by atoms with Gasteiger partial charge in [0.1, 0.15) is 0 Å². The van der Waals surface area contributed by atoms with Crippen LogP contribution in [-0.4, -0.2) is 0 Å². The van der Waals surface area contributed by atoms with Crippen LogP contribution in [0.3, 0.4) is 0 Å². The molecule has 8 aromatic carbocycles. The molecular formula is C61H49N. The Morgan fingerprint density at radius 2 is 1.02 bits per heavy atom. The highest BCUT2D eigenvalue weighted by atomic mass is 15.1. The minimum atomic E-state index is -0.0865. The van der Waals surface area contributed by atoms with Crippen LogP contribution in [0.15, 0.2) is 182 Å². The van der Waals surface area contributed by atoms with Crippen molar-refractivity contribution in [2.24, 2.45) is 23.7 Å². The molecule has 15 rings (SSSR count). The second-order valence-corrected chi connectivity index (χ2v) is 20.1. The van der Waals surface area contributed by atoms with Gasteiger partial charge in [0.2, 0.25) is 0 Å². The Kier molecular flexibility index (Phi) is 7.14.